The molecule has 1 aromatic carbocycles. The van der Waals surface area contributed by atoms with Crippen molar-refractivity contribution >= 4 is 5.69 Å². The molecule has 1 aliphatic heterocycles. The summed E-state index contributed by atoms with van der Waals surface area (Å²) in [6.07, 6.45) is 7.77. The third-order valence-corrected chi connectivity index (χ3v) is 4.80. The summed E-state index contributed by atoms with van der Waals surface area (Å²) in [7, 11) is 0. The molecule has 1 atom stereocenters. The highest BCUT2D eigenvalue weighted by atomic mass is 19.1. The number of hydrogen-bond acceptors (Lipinski definition) is 2. The maximum Gasteiger partial charge on any atom is 0.146 e. The predicted octanol–water partition coefficient (Wildman–Crippen LogP) is 3.44. The molecule has 2 aliphatic rings. The van der Waals surface area contributed by atoms with Gasteiger partial charge in [0.05, 0.1) is 5.69 Å². The summed E-state index contributed by atoms with van der Waals surface area (Å²) >= 11 is 0. The normalized spacial score (nSPS) is 24.3. The van der Waals surface area contributed by atoms with Crippen molar-refractivity contribution in [1.82, 2.24) is 0 Å². The first-order valence-electron chi connectivity index (χ1n) is 7.54. The van der Waals surface area contributed by atoms with Gasteiger partial charge >= 0.3 is 0 Å². The van der Waals surface area contributed by atoms with E-state index in [1.807, 2.05) is 12.1 Å². The number of rotatable bonds is 3. The van der Waals surface area contributed by atoms with E-state index in [9.17, 15) is 4.39 Å². The van der Waals surface area contributed by atoms with Crippen molar-refractivity contribution in [1.29, 1.82) is 0 Å². The Hall–Kier alpha value is -1.09. The van der Waals surface area contributed by atoms with Gasteiger partial charge in [-0.15, -0.1) is 0 Å². The maximum absolute atomic E-state index is 14.3. The Morgan fingerprint density at radius 2 is 1.95 bits per heavy atom. The Kier molecular flexibility index (Phi) is 3.74. The molecule has 1 aromatic rings. The lowest BCUT2D eigenvalue weighted by molar-refractivity contribution is 0.427. The molecule has 2 nitrogen and oxygen atoms in total. The minimum Gasteiger partial charge on any atom is -0.366 e. The summed E-state index contributed by atoms with van der Waals surface area (Å²) in [5.41, 5.74) is 7.23. The van der Waals surface area contributed by atoms with Crippen LogP contribution in [0.1, 0.15) is 44.1 Å². The highest BCUT2D eigenvalue weighted by molar-refractivity contribution is 5.51. The van der Waals surface area contributed by atoms with E-state index in [4.69, 9.17) is 5.73 Å². The van der Waals surface area contributed by atoms with Crippen LogP contribution in [0.3, 0.4) is 0 Å². The van der Waals surface area contributed by atoms with Crippen LogP contribution in [0.5, 0.6) is 0 Å². The zero-order valence-electron chi connectivity index (χ0n) is 11.4. The van der Waals surface area contributed by atoms with Crippen LogP contribution in [-0.4, -0.2) is 12.6 Å². The standard InChI is InChI=1S/C16H23FN2/c17-14-10-12(11-18)7-8-16(14)19-9-3-6-15(19)13-4-1-2-5-13/h7-8,10,13,15H,1-6,9,11,18H2. The molecule has 1 saturated carbocycles. The molecule has 0 aromatic heterocycles. The van der Waals surface area contributed by atoms with Crippen molar-refractivity contribution in [2.24, 2.45) is 11.7 Å². The Morgan fingerprint density at radius 3 is 2.63 bits per heavy atom. The molecule has 3 rings (SSSR count). The van der Waals surface area contributed by atoms with E-state index in [2.05, 4.69) is 4.90 Å². The van der Waals surface area contributed by atoms with E-state index < -0.39 is 0 Å². The highest BCUT2D eigenvalue weighted by Crippen LogP contribution is 2.38. The summed E-state index contributed by atoms with van der Waals surface area (Å²) in [6.45, 7) is 1.41. The summed E-state index contributed by atoms with van der Waals surface area (Å²) in [5, 5.41) is 0. The zero-order chi connectivity index (χ0) is 13.2. The number of halogens is 1. The van der Waals surface area contributed by atoms with Crippen molar-refractivity contribution in [2.45, 2.75) is 51.1 Å². The summed E-state index contributed by atoms with van der Waals surface area (Å²) in [5.74, 6) is 0.670. The van der Waals surface area contributed by atoms with Crippen molar-refractivity contribution in [3.63, 3.8) is 0 Å². The van der Waals surface area contributed by atoms with Crippen LogP contribution in [0.25, 0.3) is 0 Å². The Balaban J connectivity index is 1.83. The minimum absolute atomic E-state index is 0.104. The first-order valence-corrected chi connectivity index (χ1v) is 7.54. The molecule has 0 bridgehead atoms. The van der Waals surface area contributed by atoms with Crippen LogP contribution in [0.4, 0.5) is 10.1 Å². The van der Waals surface area contributed by atoms with Crippen molar-refractivity contribution < 1.29 is 4.39 Å². The van der Waals surface area contributed by atoms with Crippen LogP contribution in [-0.2, 0) is 6.54 Å². The summed E-state index contributed by atoms with van der Waals surface area (Å²) in [4.78, 5) is 2.31. The molecule has 1 unspecified atom stereocenters. The Bertz CT molecular complexity index is 440. The SMILES string of the molecule is NCc1ccc(N2CCCC2C2CCCC2)c(F)c1. The second kappa shape index (κ2) is 5.49. The molecule has 19 heavy (non-hydrogen) atoms. The van der Waals surface area contributed by atoms with Gasteiger partial charge in [0.2, 0.25) is 0 Å². The minimum atomic E-state index is -0.104. The fourth-order valence-corrected chi connectivity index (χ4v) is 3.83. The average Bonchev–Trinajstić information content (AvgIpc) is 3.08. The van der Waals surface area contributed by atoms with Gasteiger partial charge in [-0.3, -0.25) is 0 Å². The molecule has 0 spiro atoms. The lowest BCUT2D eigenvalue weighted by Gasteiger charge is -2.31. The topological polar surface area (TPSA) is 29.3 Å². The van der Waals surface area contributed by atoms with Crippen LogP contribution < -0.4 is 10.6 Å². The predicted molar refractivity (Wildman–Crippen MR) is 76.6 cm³/mol. The van der Waals surface area contributed by atoms with Gasteiger partial charge in [-0.25, -0.2) is 4.39 Å². The number of nitrogens with two attached hydrogens (primary N) is 1. The monoisotopic (exact) mass is 262 g/mol. The van der Waals surface area contributed by atoms with E-state index in [-0.39, 0.29) is 5.82 Å². The van der Waals surface area contributed by atoms with Crippen LogP contribution in [0.15, 0.2) is 18.2 Å². The first-order chi connectivity index (χ1) is 9.29. The van der Waals surface area contributed by atoms with Crippen LogP contribution in [0, 0.1) is 11.7 Å². The van der Waals surface area contributed by atoms with Gasteiger partial charge in [-0.2, -0.15) is 0 Å². The molecule has 1 saturated heterocycles. The van der Waals surface area contributed by atoms with Gasteiger partial charge in [-0.05, 0) is 49.3 Å². The molecule has 2 fully saturated rings. The van der Waals surface area contributed by atoms with Gasteiger partial charge in [0, 0.05) is 19.1 Å². The van der Waals surface area contributed by atoms with Gasteiger partial charge in [0.25, 0.3) is 0 Å². The second-order valence-electron chi connectivity index (χ2n) is 5.94. The number of hydrogen-bond donors (Lipinski definition) is 1. The fraction of sp³-hybridized carbons (Fsp3) is 0.625. The first kappa shape index (κ1) is 12.9. The smallest absolute Gasteiger partial charge is 0.146 e. The summed E-state index contributed by atoms with van der Waals surface area (Å²) < 4.78 is 14.3. The molecule has 1 heterocycles. The van der Waals surface area contributed by atoms with Crippen LogP contribution >= 0.6 is 0 Å². The van der Waals surface area contributed by atoms with Gasteiger partial charge < -0.3 is 10.6 Å². The molecule has 2 N–H and O–H groups in total. The van der Waals surface area contributed by atoms with E-state index in [0.29, 0.717) is 12.6 Å². The lowest BCUT2D eigenvalue weighted by atomic mass is 9.95. The molecule has 104 valence electrons. The van der Waals surface area contributed by atoms with Crippen molar-refractivity contribution in [3.05, 3.63) is 29.6 Å². The third-order valence-electron chi connectivity index (χ3n) is 4.80. The third kappa shape index (κ3) is 2.48. The van der Waals surface area contributed by atoms with Crippen LogP contribution in [0.2, 0.25) is 0 Å². The maximum atomic E-state index is 14.3. The molecule has 1 aliphatic carbocycles. The van der Waals surface area contributed by atoms with E-state index in [1.54, 1.807) is 6.07 Å². The summed E-state index contributed by atoms with van der Waals surface area (Å²) in [6, 6.07) is 6.03. The average molecular weight is 262 g/mol. The van der Waals surface area contributed by atoms with Gasteiger partial charge in [0.15, 0.2) is 0 Å². The van der Waals surface area contributed by atoms with Gasteiger partial charge in [0.1, 0.15) is 5.82 Å². The van der Waals surface area contributed by atoms with Crippen molar-refractivity contribution in [3.8, 4) is 0 Å². The van der Waals surface area contributed by atoms with Crippen molar-refractivity contribution in [2.75, 3.05) is 11.4 Å². The number of nitrogens with zero attached hydrogens (tertiary/aromatic N) is 1. The second-order valence-corrected chi connectivity index (χ2v) is 5.94. The molecule has 3 heteroatoms. The highest BCUT2D eigenvalue weighted by Gasteiger charge is 2.34. The fourth-order valence-electron chi connectivity index (χ4n) is 3.83. The number of anilines is 1. The molecular formula is C16H23FN2. The lowest BCUT2D eigenvalue weighted by Crippen LogP contribution is -2.35. The quantitative estimate of drug-likeness (QED) is 0.904. The molecular weight excluding hydrogens is 239 g/mol. The Labute approximate surface area is 114 Å². The zero-order valence-corrected chi connectivity index (χ0v) is 11.4. The Morgan fingerprint density at radius 1 is 1.16 bits per heavy atom. The van der Waals surface area contributed by atoms with E-state index in [1.165, 1.54) is 38.5 Å². The molecule has 0 amide bonds. The largest absolute Gasteiger partial charge is 0.366 e. The van der Waals surface area contributed by atoms with E-state index >= 15 is 0 Å². The molecule has 0 radical (unpaired) electrons. The van der Waals surface area contributed by atoms with Gasteiger partial charge in [-0.1, -0.05) is 18.9 Å². The number of benzene rings is 1. The van der Waals surface area contributed by atoms with E-state index in [0.717, 1.165) is 23.7 Å².